The molecule has 0 aliphatic carbocycles. The van der Waals surface area contributed by atoms with Crippen LogP contribution in [0.25, 0.3) is 22.5 Å². The van der Waals surface area contributed by atoms with Crippen molar-refractivity contribution in [1.29, 1.82) is 0 Å². The van der Waals surface area contributed by atoms with Gasteiger partial charge in [-0.1, -0.05) is 30.3 Å². The topological polar surface area (TPSA) is 85.6 Å². The van der Waals surface area contributed by atoms with Crippen LogP contribution < -0.4 is 14.4 Å². The van der Waals surface area contributed by atoms with E-state index < -0.39 is 0 Å². The average molecular weight is 499 g/mol. The quantitative estimate of drug-likeness (QED) is 0.384. The molecule has 4 aromatic rings. The number of carbonyl (C=O) groups excluding carboxylic acids is 1. The summed E-state index contributed by atoms with van der Waals surface area (Å²) in [6.07, 6.45) is 1.50. The second kappa shape index (κ2) is 10.7. The minimum Gasteiger partial charge on any atom is -0.496 e. The Labute approximate surface area is 216 Å². The molecular formula is C28H30N6O3. The molecule has 0 bridgehead atoms. The molecule has 1 saturated heterocycles. The minimum absolute atomic E-state index is 0.0362. The van der Waals surface area contributed by atoms with E-state index in [0.29, 0.717) is 32.1 Å². The monoisotopic (exact) mass is 498 g/mol. The smallest absolute Gasteiger partial charge is 0.244 e. The van der Waals surface area contributed by atoms with Gasteiger partial charge in [0.05, 0.1) is 25.6 Å². The Morgan fingerprint density at radius 3 is 2.38 bits per heavy atom. The van der Waals surface area contributed by atoms with Crippen LogP contribution in [-0.2, 0) is 11.3 Å². The summed E-state index contributed by atoms with van der Waals surface area (Å²) in [5.41, 5.74) is 4.75. The first-order chi connectivity index (χ1) is 18.1. The number of anilines is 1. The summed E-state index contributed by atoms with van der Waals surface area (Å²) >= 11 is 0. The number of benzene rings is 2. The summed E-state index contributed by atoms with van der Waals surface area (Å²) in [6.45, 7) is 4.76. The van der Waals surface area contributed by atoms with Gasteiger partial charge in [0.15, 0.2) is 0 Å². The number of piperazine rings is 1. The van der Waals surface area contributed by atoms with Gasteiger partial charge in [-0.2, -0.15) is 5.10 Å². The number of methoxy groups -OCH3 is 2. The highest BCUT2D eigenvalue weighted by molar-refractivity contribution is 5.78. The zero-order chi connectivity index (χ0) is 25.8. The van der Waals surface area contributed by atoms with E-state index in [9.17, 15) is 4.79 Å². The van der Waals surface area contributed by atoms with Crippen molar-refractivity contribution in [2.75, 3.05) is 45.3 Å². The predicted molar refractivity (Wildman–Crippen MR) is 142 cm³/mol. The van der Waals surface area contributed by atoms with Crippen LogP contribution in [0.4, 0.5) is 5.82 Å². The Hall–Kier alpha value is -4.40. The van der Waals surface area contributed by atoms with Gasteiger partial charge in [0.25, 0.3) is 0 Å². The summed E-state index contributed by atoms with van der Waals surface area (Å²) in [5, 5.41) is 4.84. The molecule has 1 aliphatic rings. The number of amides is 1. The van der Waals surface area contributed by atoms with Gasteiger partial charge in [-0.15, -0.1) is 0 Å². The van der Waals surface area contributed by atoms with Crippen molar-refractivity contribution in [3.63, 3.8) is 0 Å². The molecule has 2 aromatic heterocycles. The standard InChI is InChI=1S/C28H30N6O3/c1-20-15-22(9-10-25(20)36-2)24-16-23(21-7-5-4-6-8-21)31-34(24)18-28(35)33-13-11-32(12-14-33)26-17-27(37-3)30-19-29-26/h4-10,15-17,19H,11-14,18H2,1-3H3. The van der Waals surface area contributed by atoms with E-state index in [1.54, 1.807) is 14.2 Å². The highest BCUT2D eigenvalue weighted by Gasteiger charge is 2.24. The maximum absolute atomic E-state index is 13.4. The predicted octanol–water partition coefficient (Wildman–Crippen LogP) is 3.68. The van der Waals surface area contributed by atoms with Crippen molar-refractivity contribution in [3.05, 3.63) is 72.6 Å². The Morgan fingerprint density at radius 1 is 0.892 bits per heavy atom. The Balaban J connectivity index is 1.35. The summed E-state index contributed by atoms with van der Waals surface area (Å²) in [7, 11) is 3.25. The number of nitrogens with zero attached hydrogens (tertiary/aromatic N) is 6. The van der Waals surface area contributed by atoms with Crippen LogP contribution in [0.2, 0.25) is 0 Å². The third kappa shape index (κ3) is 5.25. The maximum Gasteiger partial charge on any atom is 0.244 e. The second-order valence-corrected chi connectivity index (χ2v) is 8.91. The largest absolute Gasteiger partial charge is 0.496 e. The van der Waals surface area contributed by atoms with Gasteiger partial charge >= 0.3 is 0 Å². The van der Waals surface area contributed by atoms with Crippen LogP contribution >= 0.6 is 0 Å². The fraction of sp³-hybridized carbons (Fsp3) is 0.286. The van der Waals surface area contributed by atoms with E-state index in [1.165, 1.54) is 6.33 Å². The number of hydrogen-bond acceptors (Lipinski definition) is 7. The molecule has 0 N–H and O–H groups in total. The molecule has 2 aromatic carbocycles. The molecule has 1 fully saturated rings. The summed E-state index contributed by atoms with van der Waals surface area (Å²) < 4.78 is 12.5. The van der Waals surface area contributed by atoms with Gasteiger partial charge in [-0.3, -0.25) is 9.48 Å². The number of carbonyl (C=O) groups is 1. The number of hydrogen-bond donors (Lipinski definition) is 0. The zero-order valence-electron chi connectivity index (χ0n) is 21.3. The number of aryl methyl sites for hydroxylation is 1. The first kappa shape index (κ1) is 24.3. The first-order valence-corrected chi connectivity index (χ1v) is 12.2. The van der Waals surface area contributed by atoms with Crippen molar-refractivity contribution < 1.29 is 14.3 Å². The van der Waals surface area contributed by atoms with Crippen LogP contribution in [0.15, 0.2) is 67.0 Å². The molecular weight excluding hydrogens is 468 g/mol. The fourth-order valence-corrected chi connectivity index (χ4v) is 4.58. The van der Waals surface area contributed by atoms with Gasteiger partial charge in [0.1, 0.15) is 24.4 Å². The van der Waals surface area contributed by atoms with Crippen LogP contribution in [0.5, 0.6) is 11.6 Å². The lowest BCUT2D eigenvalue weighted by Crippen LogP contribution is -2.50. The van der Waals surface area contributed by atoms with Crippen molar-refractivity contribution in [2.24, 2.45) is 0 Å². The van der Waals surface area contributed by atoms with E-state index in [1.807, 2.05) is 71.1 Å². The SMILES string of the molecule is COc1cc(N2CCN(C(=O)Cn3nc(-c4ccccc4)cc3-c3ccc(OC)c(C)c3)CC2)ncn1. The molecule has 9 nitrogen and oxygen atoms in total. The highest BCUT2D eigenvalue weighted by atomic mass is 16.5. The molecule has 1 aliphatic heterocycles. The average Bonchev–Trinajstić information content (AvgIpc) is 3.37. The summed E-state index contributed by atoms with van der Waals surface area (Å²) in [5.74, 6) is 2.19. The van der Waals surface area contributed by atoms with Gasteiger partial charge in [0, 0.05) is 43.4 Å². The lowest BCUT2D eigenvalue weighted by molar-refractivity contribution is -0.132. The zero-order valence-corrected chi connectivity index (χ0v) is 21.3. The molecule has 0 saturated carbocycles. The van der Waals surface area contributed by atoms with Crippen molar-refractivity contribution in [3.8, 4) is 34.1 Å². The molecule has 5 rings (SSSR count). The van der Waals surface area contributed by atoms with E-state index in [2.05, 4.69) is 20.9 Å². The molecule has 1 amide bonds. The van der Waals surface area contributed by atoms with Gasteiger partial charge in [-0.05, 0) is 36.8 Å². The van der Waals surface area contributed by atoms with Gasteiger partial charge < -0.3 is 19.3 Å². The van der Waals surface area contributed by atoms with Crippen LogP contribution in [0, 0.1) is 6.92 Å². The Morgan fingerprint density at radius 2 is 1.68 bits per heavy atom. The number of aromatic nitrogens is 4. The lowest BCUT2D eigenvalue weighted by Gasteiger charge is -2.35. The van der Waals surface area contributed by atoms with E-state index in [4.69, 9.17) is 14.6 Å². The molecule has 3 heterocycles. The fourth-order valence-electron chi connectivity index (χ4n) is 4.58. The molecule has 37 heavy (non-hydrogen) atoms. The second-order valence-electron chi connectivity index (χ2n) is 8.91. The molecule has 190 valence electrons. The van der Waals surface area contributed by atoms with Crippen molar-refractivity contribution in [1.82, 2.24) is 24.6 Å². The minimum atomic E-state index is 0.0362. The first-order valence-electron chi connectivity index (χ1n) is 12.2. The van der Waals surface area contributed by atoms with Crippen molar-refractivity contribution in [2.45, 2.75) is 13.5 Å². The van der Waals surface area contributed by atoms with Crippen LogP contribution in [0.3, 0.4) is 0 Å². The lowest BCUT2D eigenvalue weighted by atomic mass is 10.1. The number of ether oxygens (including phenoxy) is 2. The maximum atomic E-state index is 13.4. The van der Waals surface area contributed by atoms with Gasteiger partial charge in [0.2, 0.25) is 11.8 Å². The van der Waals surface area contributed by atoms with E-state index in [0.717, 1.165) is 39.6 Å². The third-order valence-electron chi connectivity index (χ3n) is 6.62. The number of rotatable bonds is 7. The van der Waals surface area contributed by atoms with Gasteiger partial charge in [-0.25, -0.2) is 9.97 Å². The summed E-state index contributed by atoms with van der Waals surface area (Å²) in [6, 6.07) is 19.9. The summed E-state index contributed by atoms with van der Waals surface area (Å²) in [4.78, 5) is 25.8. The molecule has 0 spiro atoms. The Bertz CT molecular complexity index is 1380. The highest BCUT2D eigenvalue weighted by Crippen LogP contribution is 2.30. The normalized spacial score (nSPS) is 13.5. The van der Waals surface area contributed by atoms with E-state index >= 15 is 0 Å². The molecule has 0 radical (unpaired) electrons. The van der Waals surface area contributed by atoms with Crippen molar-refractivity contribution >= 4 is 11.7 Å². The molecule has 0 atom stereocenters. The Kier molecular flexibility index (Phi) is 7.02. The van der Waals surface area contributed by atoms with Crippen LogP contribution in [0.1, 0.15) is 5.56 Å². The van der Waals surface area contributed by atoms with Crippen LogP contribution in [-0.4, -0.2) is 71.0 Å². The van der Waals surface area contributed by atoms with E-state index in [-0.39, 0.29) is 12.5 Å². The third-order valence-corrected chi connectivity index (χ3v) is 6.62. The molecule has 0 unspecified atom stereocenters. The molecule has 9 heteroatoms.